The Morgan fingerprint density at radius 2 is 0.549 bits per heavy atom. The third-order valence-electron chi connectivity index (χ3n) is 12.6. The van der Waals surface area contributed by atoms with Gasteiger partial charge in [0.1, 0.15) is 13.2 Å². The molecule has 0 bridgehead atoms. The number of allylic oxidation sites excluding steroid dienone is 16. The lowest BCUT2D eigenvalue weighted by atomic mass is 10.0. The van der Waals surface area contributed by atoms with Crippen LogP contribution in [0.3, 0.4) is 0 Å². The van der Waals surface area contributed by atoms with Crippen molar-refractivity contribution in [2.75, 3.05) is 13.2 Å². The van der Waals surface area contributed by atoms with Gasteiger partial charge < -0.3 is 14.2 Å². The molecule has 71 heavy (non-hydrogen) atoms. The van der Waals surface area contributed by atoms with E-state index in [4.69, 9.17) is 14.2 Å². The molecule has 0 radical (unpaired) electrons. The van der Waals surface area contributed by atoms with Crippen molar-refractivity contribution in [2.45, 2.75) is 284 Å². The van der Waals surface area contributed by atoms with Crippen LogP contribution in [0.1, 0.15) is 278 Å². The fourth-order valence-electron chi connectivity index (χ4n) is 8.12. The normalized spacial score (nSPS) is 12.8. The van der Waals surface area contributed by atoms with Gasteiger partial charge in [-0.3, -0.25) is 14.4 Å². The van der Waals surface area contributed by atoms with Gasteiger partial charge >= 0.3 is 17.9 Å². The minimum absolute atomic E-state index is 0.0863. The minimum atomic E-state index is -0.787. The van der Waals surface area contributed by atoms with Crippen LogP contribution in [-0.4, -0.2) is 37.2 Å². The van der Waals surface area contributed by atoms with Crippen LogP contribution in [0.15, 0.2) is 97.2 Å². The Balaban J connectivity index is 4.34. The van der Waals surface area contributed by atoms with Crippen molar-refractivity contribution < 1.29 is 28.6 Å². The predicted molar refractivity (Wildman–Crippen MR) is 307 cm³/mol. The second-order valence-corrected chi connectivity index (χ2v) is 19.5. The minimum Gasteiger partial charge on any atom is -0.462 e. The molecule has 6 heteroatoms. The van der Waals surface area contributed by atoms with Gasteiger partial charge in [-0.2, -0.15) is 0 Å². The Hall–Kier alpha value is -3.67. The van der Waals surface area contributed by atoms with Crippen molar-refractivity contribution in [3.05, 3.63) is 97.2 Å². The molecular weight excluding hydrogens is 877 g/mol. The molecule has 0 aliphatic heterocycles. The molecule has 0 amide bonds. The van der Waals surface area contributed by atoms with Crippen molar-refractivity contribution in [2.24, 2.45) is 0 Å². The van der Waals surface area contributed by atoms with Crippen molar-refractivity contribution in [1.29, 1.82) is 0 Å². The van der Waals surface area contributed by atoms with Crippen LogP contribution < -0.4 is 0 Å². The zero-order valence-electron chi connectivity index (χ0n) is 46.5. The summed E-state index contributed by atoms with van der Waals surface area (Å²) in [5.41, 5.74) is 0. The van der Waals surface area contributed by atoms with Crippen molar-refractivity contribution in [3.63, 3.8) is 0 Å². The molecule has 0 heterocycles. The molecule has 406 valence electrons. The van der Waals surface area contributed by atoms with Crippen LogP contribution in [0.5, 0.6) is 0 Å². The number of ether oxygens (including phenoxy) is 3. The third kappa shape index (κ3) is 57.1. The van der Waals surface area contributed by atoms with Crippen LogP contribution in [-0.2, 0) is 28.6 Å². The highest BCUT2D eigenvalue weighted by Crippen LogP contribution is 2.15. The molecular formula is C65H110O6. The largest absolute Gasteiger partial charge is 0.462 e. The zero-order chi connectivity index (χ0) is 51.4. The van der Waals surface area contributed by atoms with Gasteiger partial charge in [-0.25, -0.2) is 0 Å². The average molecular weight is 988 g/mol. The van der Waals surface area contributed by atoms with E-state index < -0.39 is 6.10 Å². The molecule has 0 aromatic heterocycles. The molecule has 0 fully saturated rings. The molecule has 0 saturated carbocycles. The lowest BCUT2D eigenvalue weighted by Gasteiger charge is -2.18. The first-order valence-electron chi connectivity index (χ1n) is 29.7. The van der Waals surface area contributed by atoms with Gasteiger partial charge in [0.05, 0.1) is 0 Å². The maximum Gasteiger partial charge on any atom is 0.306 e. The van der Waals surface area contributed by atoms with Crippen molar-refractivity contribution >= 4 is 17.9 Å². The fraction of sp³-hybridized carbons (Fsp3) is 0.708. The third-order valence-corrected chi connectivity index (χ3v) is 12.6. The highest BCUT2D eigenvalue weighted by Gasteiger charge is 2.19. The molecule has 1 unspecified atom stereocenters. The van der Waals surface area contributed by atoms with Gasteiger partial charge in [0, 0.05) is 19.3 Å². The summed E-state index contributed by atoms with van der Waals surface area (Å²) in [6, 6.07) is 0. The first kappa shape index (κ1) is 67.3. The van der Waals surface area contributed by atoms with E-state index in [0.29, 0.717) is 19.3 Å². The van der Waals surface area contributed by atoms with E-state index in [0.717, 1.165) is 128 Å². The number of esters is 3. The maximum atomic E-state index is 12.8. The van der Waals surface area contributed by atoms with Gasteiger partial charge in [-0.05, 0) is 103 Å². The quantitative estimate of drug-likeness (QED) is 0.0261. The van der Waals surface area contributed by atoms with E-state index in [-0.39, 0.29) is 31.1 Å². The molecule has 0 aliphatic carbocycles. The summed E-state index contributed by atoms with van der Waals surface area (Å²) in [5, 5.41) is 0. The lowest BCUT2D eigenvalue weighted by Crippen LogP contribution is -2.30. The van der Waals surface area contributed by atoms with Crippen LogP contribution in [0.2, 0.25) is 0 Å². The number of carbonyl (C=O) groups is 3. The molecule has 1 atom stereocenters. The van der Waals surface area contributed by atoms with E-state index in [9.17, 15) is 14.4 Å². The smallest absolute Gasteiger partial charge is 0.306 e. The summed E-state index contributed by atoms with van der Waals surface area (Å²) in [5.74, 6) is -0.909. The van der Waals surface area contributed by atoms with Gasteiger partial charge in [0.25, 0.3) is 0 Å². The zero-order valence-corrected chi connectivity index (χ0v) is 46.5. The van der Waals surface area contributed by atoms with Crippen LogP contribution in [0.4, 0.5) is 0 Å². The maximum absolute atomic E-state index is 12.8. The molecule has 6 nitrogen and oxygen atoms in total. The van der Waals surface area contributed by atoms with Gasteiger partial charge in [0.2, 0.25) is 0 Å². The standard InChI is InChI=1S/C65H110O6/c1-4-7-10-13-16-19-22-25-27-28-29-30-31-32-33-34-35-36-37-38-39-41-43-46-49-52-55-58-64(67)70-61-62(60-69-63(66)57-54-51-48-45-42-24-21-18-15-12-9-6-3)71-65(68)59-56-53-50-47-44-40-26-23-20-17-14-11-8-5-2/h7,10,16,18-19,21,25,27,29-30,32-33,35-36,38-39,62H,4-6,8-9,11-15,17,20,22-24,26,28,31,34,37,40-61H2,1-3H3/b10-7-,19-16-,21-18-,27-25-,30-29-,33-32-,36-35-,39-38-. The second kappa shape index (κ2) is 58.9. The van der Waals surface area contributed by atoms with Crippen molar-refractivity contribution in [3.8, 4) is 0 Å². The fourth-order valence-corrected chi connectivity index (χ4v) is 8.12. The van der Waals surface area contributed by atoms with E-state index >= 15 is 0 Å². The Bertz CT molecular complexity index is 1410. The SMILES string of the molecule is CC/C=C\C/C=C\C/C=C\C/C=C\C/C=C\C/C=C\C/C=C\CCCCCCCC(=O)OCC(COC(=O)CCCCCCC/C=C\CCCCC)OC(=O)CCCCCCCCCCCCCCCC. The number of hydrogen-bond acceptors (Lipinski definition) is 6. The predicted octanol–water partition coefficient (Wildman–Crippen LogP) is 20.1. The highest BCUT2D eigenvalue weighted by atomic mass is 16.6. The van der Waals surface area contributed by atoms with E-state index in [1.54, 1.807) is 0 Å². The Kier molecular flexibility index (Phi) is 55.9. The van der Waals surface area contributed by atoms with Crippen LogP contribution in [0, 0.1) is 0 Å². The molecule has 0 spiro atoms. The van der Waals surface area contributed by atoms with Crippen LogP contribution in [0.25, 0.3) is 0 Å². The first-order chi connectivity index (χ1) is 35.0. The van der Waals surface area contributed by atoms with E-state index in [1.165, 1.54) is 109 Å². The summed E-state index contributed by atoms with van der Waals surface area (Å²) in [6.07, 6.45) is 78.3. The summed E-state index contributed by atoms with van der Waals surface area (Å²) in [6.45, 7) is 6.49. The summed E-state index contributed by atoms with van der Waals surface area (Å²) >= 11 is 0. The van der Waals surface area contributed by atoms with Gasteiger partial charge in [-0.1, -0.05) is 253 Å². The topological polar surface area (TPSA) is 78.9 Å². The molecule has 0 aromatic carbocycles. The molecule has 0 aromatic rings. The monoisotopic (exact) mass is 987 g/mol. The van der Waals surface area contributed by atoms with E-state index in [1.807, 2.05) is 0 Å². The number of unbranched alkanes of at least 4 members (excludes halogenated alkanes) is 26. The Morgan fingerprint density at radius 1 is 0.296 bits per heavy atom. The Labute approximate surface area is 438 Å². The first-order valence-corrected chi connectivity index (χ1v) is 29.7. The van der Waals surface area contributed by atoms with Gasteiger partial charge in [-0.15, -0.1) is 0 Å². The number of carbonyl (C=O) groups excluding carboxylic acids is 3. The van der Waals surface area contributed by atoms with Crippen molar-refractivity contribution in [1.82, 2.24) is 0 Å². The number of hydrogen-bond donors (Lipinski definition) is 0. The second-order valence-electron chi connectivity index (χ2n) is 19.5. The summed E-state index contributed by atoms with van der Waals surface area (Å²) in [7, 11) is 0. The summed E-state index contributed by atoms with van der Waals surface area (Å²) in [4.78, 5) is 38.1. The number of rotatable bonds is 53. The lowest BCUT2D eigenvalue weighted by molar-refractivity contribution is -0.167. The average Bonchev–Trinajstić information content (AvgIpc) is 3.37. The molecule has 0 N–H and O–H groups in total. The van der Waals surface area contributed by atoms with Crippen LogP contribution >= 0.6 is 0 Å². The molecule has 0 aliphatic rings. The Morgan fingerprint density at radius 3 is 0.901 bits per heavy atom. The summed E-state index contributed by atoms with van der Waals surface area (Å²) < 4.78 is 16.8. The molecule has 0 saturated heterocycles. The molecule has 0 rings (SSSR count). The highest BCUT2D eigenvalue weighted by molar-refractivity contribution is 5.71. The van der Waals surface area contributed by atoms with E-state index in [2.05, 4.69) is 118 Å². The van der Waals surface area contributed by atoms with Gasteiger partial charge in [0.15, 0.2) is 6.10 Å².